The van der Waals surface area contributed by atoms with Gasteiger partial charge in [-0.05, 0) is 56.5 Å². The Morgan fingerprint density at radius 1 is 1.47 bits per heavy atom. The molecule has 2 rings (SSSR count). The van der Waals surface area contributed by atoms with Crippen LogP contribution in [0.5, 0.6) is 0 Å². The molecule has 0 aromatic heterocycles. The summed E-state index contributed by atoms with van der Waals surface area (Å²) in [6.07, 6.45) is 4.52. The summed E-state index contributed by atoms with van der Waals surface area (Å²) in [6, 6.07) is 5.21. The van der Waals surface area contributed by atoms with Crippen molar-refractivity contribution in [3.05, 3.63) is 34.1 Å². The normalized spacial score (nSPS) is 23.1. The van der Waals surface area contributed by atoms with Crippen molar-refractivity contribution in [2.45, 2.75) is 50.7 Å². The Morgan fingerprint density at radius 2 is 2.26 bits per heavy atom. The fourth-order valence-electron chi connectivity index (χ4n) is 2.79. The van der Waals surface area contributed by atoms with E-state index in [1.54, 1.807) is 19.1 Å². The van der Waals surface area contributed by atoms with E-state index in [-0.39, 0.29) is 5.82 Å². The molecule has 19 heavy (non-hydrogen) atoms. The highest BCUT2D eigenvalue weighted by Gasteiger charge is 2.27. The quantitative estimate of drug-likeness (QED) is 0.887. The van der Waals surface area contributed by atoms with Crippen LogP contribution < -0.4 is 5.32 Å². The predicted molar refractivity (Wildman–Crippen MR) is 78.7 cm³/mol. The van der Waals surface area contributed by atoms with Crippen LogP contribution in [0.1, 0.15) is 38.2 Å². The third-order valence-corrected chi connectivity index (χ3v) is 4.17. The Labute approximate surface area is 122 Å². The fraction of sp³-hybridized carbons (Fsp3) is 0.600. The maximum absolute atomic E-state index is 13.7. The minimum absolute atomic E-state index is 0.250. The van der Waals surface area contributed by atoms with Gasteiger partial charge in [0.05, 0.1) is 5.60 Å². The van der Waals surface area contributed by atoms with Crippen molar-refractivity contribution < 1.29 is 9.50 Å². The van der Waals surface area contributed by atoms with Crippen LogP contribution in [0.3, 0.4) is 0 Å². The van der Waals surface area contributed by atoms with Gasteiger partial charge in [-0.2, -0.15) is 0 Å². The fourth-order valence-corrected chi connectivity index (χ4v) is 3.20. The minimum Gasteiger partial charge on any atom is -0.390 e. The molecule has 0 spiro atoms. The second-order valence-electron chi connectivity index (χ2n) is 5.76. The largest absolute Gasteiger partial charge is 0.390 e. The summed E-state index contributed by atoms with van der Waals surface area (Å²) in [5.74, 6) is -0.250. The molecule has 4 heteroatoms. The molecule has 106 valence electrons. The Morgan fingerprint density at radius 3 is 2.95 bits per heavy atom. The van der Waals surface area contributed by atoms with Gasteiger partial charge in [-0.3, -0.25) is 0 Å². The van der Waals surface area contributed by atoms with Crippen LogP contribution >= 0.6 is 15.9 Å². The van der Waals surface area contributed by atoms with E-state index in [9.17, 15) is 9.50 Å². The van der Waals surface area contributed by atoms with Gasteiger partial charge in [0.1, 0.15) is 5.82 Å². The lowest BCUT2D eigenvalue weighted by atomic mass is 9.87. The third-order valence-electron chi connectivity index (χ3n) is 3.68. The Balaban J connectivity index is 2.00. The molecule has 1 heterocycles. The second kappa shape index (κ2) is 6.33. The van der Waals surface area contributed by atoms with Crippen LogP contribution in [-0.4, -0.2) is 23.3 Å². The molecule has 1 aliphatic heterocycles. The zero-order valence-electron chi connectivity index (χ0n) is 11.3. The molecule has 1 fully saturated rings. The van der Waals surface area contributed by atoms with Crippen LogP contribution in [0.25, 0.3) is 0 Å². The Kier molecular flexibility index (Phi) is 4.98. The average Bonchev–Trinajstić information content (AvgIpc) is 2.34. The van der Waals surface area contributed by atoms with Gasteiger partial charge >= 0.3 is 0 Å². The number of hydrogen-bond donors (Lipinski definition) is 2. The summed E-state index contributed by atoms with van der Waals surface area (Å²) in [7, 11) is 0. The van der Waals surface area contributed by atoms with Gasteiger partial charge in [0, 0.05) is 16.9 Å². The van der Waals surface area contributed by atoms with Crippen molar-refractivity contribution in [1.82, 2.24) is 5.32 Å². The molecule has 0 bridgehead atoms. The first-order chi connectivity index (χ1) is 8.96. The zero-order chi connectivity index (χ0) is 13.9. The predicted octanol–water partition coefficient (Wildman–Crippen LogP) is 3.41. The average molecular weight is 330 g/mol. The van der Waals surface area contributed by atoms with Gasteiger partial charge in [-0.15, -0.1) is 0 Å². The Bertz CT molecular complexity index is 430. The van der Waals surface area contributed by atoms with Crippen molar-refractivity contribution in [3.8, 4) is 0 Å². The molecular weight excluding hydrogens is 309 g/mol. The SMILES string of the molecule is CC(O)(Cc1cc(Br)ccc1F)CC1CCCCN1. The number of hydrogen-bond acceptors (Lipinski definition) is 2. The van der Waals surface area contributed by atoms with E-state index in [1.807, 2.05) is 0 Å². The summed E-state index contributed by atoms with van der Waals surface area (Å²) in [5, 5.41) is 13.9. The lowest BCUT2D eigenvalue weighted by Gasteiger charge is -2.31. The van der Waals surface area contributed by atoms with E-state index in [0.717, 1.165) is 17.4 Å². The van der Waals surface area contributed by atoms with Crippen molar-refractivity contribution >= 4 is 15.9 Å². The van der Waals surface area contributed by atoms with Crippen LogP contribution in [0.4, 0.5) is 4.39 Å². The highest BCUT2D eigenvalue weighted by molar-refractivity contribution is 9.10. The molecule has 2 nitrogen and oxygen atoms in total. The first-order valence-corrected chi connectivity index (χ1v) is 7.65. The topological polar surface area (TPSA) is 32.3 Å². The van der Waals surface area contributed by atoms with E-state index in [4.69, 9.17) is 0 Å². The number of piperidine rings is 1. The maximum atomic E-state index is 13.7. The third kappa shape index (κ3) is 4.55. The number of aliphatic hydroxyl groups is 1. The summed E-state index contributed by atoms with van der Waals surface area (Å²) >= 11 is 3.34. The van der Waals surface area contributed by atoms with E-state index in [2.05, 4.69) is 21.2 Å². The summed E-state index contributed by atoms with van der Waals surface area (Å²) in [5.41, 5.74) is -0.313. The van der Waals surface area contributed by atoms with Crippen LogP contribution in [0, 0.1) is 5.82 Å². The molecule has 2 unspecified atom stereocenters. The monoisotopic (exact) mass is 329 g/mol. The van der Waals surface area contributed by atoms with Gasteiger partial charge in [0.15, 0.2) is 0 Å². The number of halogens is 2. The van der Waals surface area contributed by atoms with E-state index >= 15 is 0 Å². The number of rotatable bonds is 4. The van der Waals surface area contributed by atoms with E-state index < -0.39 is 5.60 Å². The van der Waals surface area contributed by atoms with Gasteiger partial charge in [-0.25, -0.2) is 4.39 Å². The molecule has 2 atom stereocenters. The molecule has 0 aliphatic carbocycles. The van der Waals surface area contributed by atoms with Gasteiger partial charge in [0.2, 0.25) is 0 Å². The van der Waals surface area contributed by atoms with E-state index in [0.29, 0.717) is 24.4 Å². The molecule has 0 radical (unpaired) electrons. The first kappa shape index (κ1) is 14.9. The van der Waals surface area contributed by atoms with Crippen LogP contribution in [0.15, 0.2) is 22.7 Å². The molecular formula is C15H21BrFNO. The first-order valence-electron chi connectivity index (χ1n) is 6.86. The molecule has 1 aromatic carbocycles. The molecule has 0 saturated carbocycles. The van der Waals surface area contributed by atoms with Crippen molar-refractivity contribution in [1.29, 1.82) is 0 Å². The highest BCUT2D eigenvalue weighted by atomic mass is 79.9. The van der Waals surface area contributed by atoms with Gasteiger partial charge in [-0.1, -0.05) is 22.4 Å². The molecule has 1 aromatic rings. The van der Waals surface area contributed by atoms with Crippen molar-refractivity contribution in [2.75, 3.05) is 6.54 Å². The summed E-state index contributed by atoms with van der Waals surface area (Å²) in [4.78, 5) is 0. The standard InChI is InChI=1S/C15H21BrFNO/c1-15(19,10-13-4-2-3-7-18-13)9-11-8-12(16)5-6-14(11)17/h5-6,8,13,18-19H,2-4,7,9-10H2,1H3. The maximum Gasteiger partial charge on any atom is 0.126 e. The van der Waals surface area contributed by atoms with Crippen LogP contribution in [-0.2, 0) is 6.42 Å². The van der Waals surface area contributed by atoms with Crippen LogP contribution in [0.2, 0.25) is 0 Å². The lowest BCUT2D eigenvalue weighted by Crippen LogP contribution is -2.42. The number of benzene rings is 1. The number of nitrogens with one attached hydrogen (secondary N) is 1. The minimum atomic E-state index is -0.878. The molecule has 0 amide bonds. The van der Waals surface area contributed by atoms with E-state index in [1.165, 1.54) is 18.9 Å². The summed E-state index contributed by atoms with van der Waals surface area (Å²) in [6.45, 7) is 2.82. The molecule has 1 aliphatic rings. The van der Waals surface area contributed by atoms with Crippen molar-refractivity contribution in [3.63, 3.8) is 0 Å². The lowest BCUT2D eigenvalue weighted by molar-refractivity contribution is 0.0363. The zero-order valence-corrected chi connectivity index (χ0v) is 12.8. The smallest absolute Gasteiger partial charge is 0.126 e. The summed E-state index contributed by atoms with van der Waals surface area (Å²) < 4.78 is 14.6. The highest BCUT2D eigenvalue weighted by Crippen LogP contribution is 2.25. The molecule has 1 saturated heterocycles. The van der Waals surface area contributed by atoms with Gasteiger partial charge < -0.3 is 10.4 Å². The molecule has 2 N–H and O–H groups in total. The second-order valence-corrected chi connectivity index (χ2v) is 6.68. The van der Waals surface area contributed by atoms with Crippen molar-refractivity contribution in [2.24, 2.45) is 0 Å². The Hall–Kier alpha value is -0.450. The van der Waals surface area contributed by atoms with Gasteiger partial charge in [0.25, 0.3) is 0 Å².